The van der Waals surface area contributed by atoms with Crippen molar-refractivity contribution in [2.45, 2.75) is 13.0 Å². The molecule has 2 aromatic rings. The molecule has 1 aliphatic rings. The maximum atomic E-state index is 13.3. The monoisotopic (exact) mass is 320 g/mol. The van der Waals surface area contributed by atoms with Crippen molar-refractivity contribution in [2.24, 2.45) is 0 Å². The molecule has 1 heterocycles. The summed E-state index contributed by atoms with van der Waals surface area (Å²) in [4.78, 5) is 2.20. The van der Waals surface area contributed by atoms with Gasteiger partial charge in [-0.15, -0.1) is 0 Å². The van der Waals surface area contributed by atoms with Crippen LogP contribution >= 0.6 is 15.9 Å². The van der Waals surface area contributed by atoms with E-state index in [1.165, 1.54) is 11.6 Å². The molecule has 2 aromatic carbocycles. The van der Waals surface area contributed by atoms with E-state index in [9.17, 15) is 4.39 Å². The summed E-state index contributed by atoms with van der Waals surface area (Å²) < 4.78 is 14.2. The average Bonchev–Trinajstić information content (AvgIpc) is 2.77. The predicted molar refractivity (Wildman–Crippen MR) is 79.7 cm³/mol. The predicted octanol–water partition coefficient (Wildman–Crippen LogP) is 3.73. The fourth-order valence-corrected chi connectivity index (χ4v) is 2.74. The molecule has 0 amide bonds. The van der Waals surface area contributed by atoms with Gasteiger partial charge in [0.2, 0.25) is 0 Å². The molecule has 1 aliphatic heterocycles. The van der Waals surface area contributed by atoms with Gasteiger partial charge < -0.3 is 10.6 Å². The lowest BCUT2D eigenvalue weighted by Crippen LogP contribution is -2.19. The summed E-state index contributed by atoms with van der Waals surface area (Å²) in [5, 5.41) is 0. The summed E-state index contributed by atoms with van der Waals surface area (Å²) in [6, 6.07) is 11.0. The van der Waals surface area contributed by atoms with E-state index in [0.717, 1.165) is 40.9 Å². The molecule has 0 aliphatic carbocycles. The third-order valence-electron chi connectivity index (χ3n) is 3.47. The van der Waals surface area contributed by atoms with Crippen LogP contribution in [-0.2, 0) is 13.0 Å². The third kappa shape index (κ3) is 2.45. The molecule has 0 radical (unpaired) electrons. The minimum Gasteiger partial charge on any atom is -0.398 e. The summed E-state index contributed by atoms with van der Waals surface area (Å²) in [6.07, 6.45) is 0.974. The van der Waals surface area contributed by atoms with Crippen LogP contribution in [-0.4, -0.2) is 6.54 Å². The van der Waals surface area contributed by atoms with Gasteiger partial charge in [-0.05, 0) is 57.7 Å². The zero-order valence-electron chi connectivity index (χ0n) is 10.4. The second kappa shape index (κ2) is 4.85. The molecule has 19 heavy (non-hydrogen) atoms. The normalized spacial score (nSPS) is 13.7. The van der Waals surface area contributed by atoms with Crippen molar-refractivity contribution in [3.63, 3.8) is 0 Å². The molecule has 4 heteroatoms. The van der Waals surface area contributed by atoms with Crippen LogP contribution < -0.4 is 10.6 Å². The molecule has 0 aromatic heterocycles. The quantitative estimate of drug-likeness (QED) is 0.854. The Morgan fingerprint density at radius 1 is 1.21 bits per heavy atom. The van der Waals surface area contributed by atoms with Gasteiger partial charge in [0.25, 0.3) is 0 Å². The van der Waals surface area contributed by atoms with Gasteiger partial charge in [0.1, 0.15) is 5.82 Å². The van der Waals surface area contributed by atoms with Gasteiger partial charge in [-0.3, -0.25) is 0 Å². The number of fused-ring (bicyclic) bond motifs is 1. The Hall–Kier alpha value is -1.55. The highest BCUT2D eigenvalue weighted by Gasteiger charge is 2.19. The molecule has 0 bridgehead atoms. The number of rotatable bonds is 2. The maximum Gasteiger partial charge on any atom is 0.125 e. The van der Waals surface area contributed by atoms with Crippen molar-refractivity contribution >= 4 is 27.3 Å². The third-order valence-corrected chi connectivity index (χ3v) is 4.20. The highest BCUT2D eigenvalue weighted by Crippen LogP contribution is 2.30. The Labute approximate surface area is 120 Å². The number of nitrogen functional groups attached to an aromatic ring is 1. The van der Waals surface area contributed by atoms with Crippen LogP contribution in [0.3, 0.4) is 0 Å². The first kappa shape index (κ1) is 12.5. The minimum atomic E-state index is -0.180. The largest absolute Gasteiger partial charge is 0.398 e. The van der Waals surface area contributed by atoms with Crippen LogP contribution in [0.25, 0.3) is 0 Å². The van der Waals surface area contributed by atoms with Crippen molar-refractivity contribution in [1.29, 1.82) is 0 Å². The smallest absolute Gasteiger partial charge is 0.125 e. The second-order valence-electron chi connectivity index (χ2n) is 4.80. The van der Waals surface area contributed by atoms with Crippen molar-refractivity contribution < 1.29 is 4.39 Å². The lowest BCUT2D eigenvalue weighted by molar-refractivity contribution is 0.627. The van der Waals surface area contributed by atoms with Crippen molar-refractivity contribution in [2.75, 3.05) is 17.2 Å². The number of hydrogen-bond donors (Lipinski definition) is 1. The van der Waals surface area contributed by atoms with Crippen LogP contribution in [0.4, 0.5) is 15.8 Å². The number of hydrogen-bond acceptors (Lipinski definition) is 2. The summed E-state index contributed by atoms with van der Waals surface area (Å²) in [7, 11) is 0. The lowest BCUT2D eigenvalue weighted by atomic mass is 10.1. The molecular weight excluding hydrogens is 307 g/mol. The summed E-state index contributed by atoms with van der Waals surface area (Å²) >= 11 is 3.39. The fourth-order valence-electron chi connectivity index (χ4n) is 2.49. The van der Waals surface area contributed by atoms with E-state index >= 15 is 0 Å². The molecule has 0 fully saturated rings. The van der Waals surface area contributed by atoms with Gasteiger partial charge in [0, 0.05) is 28.9 Å². The number of halogens is 2. The van der Waals surface area contributed by atoms with Crippen LogP contribution in [0.1, 0.15) is 11.1 Å². The lowest BCUT2D eigenvalue weighted by Gasteiger charge is -2.20. The number of nitrogens with two attached hydrogens (primary N) is 1. The van der Waals surface area contributed by atoms with Crippen LogP contribution in [0.2, 0.25) is 0 Å². The molecule has 0 saturated heterocycles. The van der Waals surface area contributed by atoms with E-state index in [2.05, 4.69) is 20.8 Å². The van der Waals surface area contributed by atoms with E-state index in [0.29, 0.717) is 0 Å². The number of nitrogens with zero attached hydrogens (tertiary/aromatic N) is 1. The molecule has 0 spiro atoms. The zero-order valence-corrected chi connectivity index (χ0v) is 12.0. The molecule has 3 rings (SSSR count). The van der Waals surface area contributed by atoms with Gasteiger partial charge in [-0.1, -0.05) is 12.1 Å². The molecule has 98 valence electrons. The summed E-state index contributed by atoms with van der Waals surface area (Å²) in [5.74, 6) is -0.180. The molecule has 2 N–H and O–H groups in total. The van der Waals surface area contributed by atoms with Gasteiger partial charge >= 0.3 is 0 Å². The topological polar surface area (TPSA) is 29.3 Å². The van der Waals surface area contributed by atoms with E-state index < -0.39 is 0 Å². The second-order valence-corrected chi connectivity index (χ2v) is 5.65. The number of anilines is 2. The Morgan fingerprint density at radius 3 is 2.84 bits per heavy atom. The van der Waals surface area contributed by atoms with Gasteiger partial charge in [0.15, 0.2) is 0 Å². The standard InChI is InChI=1S/C15H14BrFN2/c16-13-4-1-10(7-14(13)18)9-19-6-5-11-2-3-12(17)8-15(11)19/h1-4,7-8H,5-6,9,18H2. The summed E-state index contributed by atoms with van der Waals surface area (Å²) in [6.45, 7) is 1.68. The Balaban J connectivity index is 1.86. The first-order valence-corrected chi connectivity index (χ1v) is 7.00. The van der Waals surface area contributed by atoms with Crippen molar-refractivity contribution in [3.05, 3.63) is 57.8 Å². The van der Waals surface area contributed by atoms with E-state index in [4.69, 9.17) is 5.73 Å². The highest BCUT2D eigenvalue weighted by molar-refractivity contribution is 9.10. The van der Waals surface area contributed by atoms with Gasteiger partial charge in [0.05, 0.1) is 0 Å². The Morgan fingerprint density at radius 2 is 2.05 bits per heavy atom. The fraction of sp³-hybridized carbons (Fsp3) is 0.200. The molecule has 2 nitrogen and oxygen atoms in total. The molecule has 0 unspecified atom stereocenters. The average molecular weight is 321 g/mol. The Kier molecular flexibility index (Phi) is 3.19. The van der Waals surface area contributed by atoms with Crippen molar-refractivity contribution in [1.82, 2.24) is 0 Å². The van der Waals surface area contributed by atoms with Crippen molar-refractivity contribution in [3.8, 4) is 0 Å². The summed E-state index contributed by atoms with van der Waals surface area (Å²) in [5.41, 5.74) is 9.97. The van der Waals surface area contributed by atoms with E-state index in [-0.39, 0.29) is 5.82 Å². The van der Waals surface area contributed by atoms with E-state index in [1.807, 2.05) is 24.3 Å². The van der Waals surface area contributed by atoms with Crippen LogP contribution in [0.5, 0.6) is 0 Å². The zero-order chi connectivity index (χ0) is 13.4. The highest BCUT2D eigenvalue weighted by atomic mass is 79.9. The molecular formula is C15H14BrFN2. The van der Waals surface area contributed by atoms with E-state index in [1.54, 1.807) is 6.07 Å². The first-order chi connectivity index (χ1) is 9.13. The van der Waals surface area contributed by atoms with Crippen LogP contribution in [0.15, 0.2) is 40.9 Å². The molecule has 0 atom stereocenters. The minimum absolute atomic E-state index is 0.180. The number of benzene rings is 2. The molecule has 0 saturated carbocycles. The maximum absolute atomic E-state index is 13.3. The Bertz CT molecular complexity index is 628. The van der Waals surface area contributed by atoms with Gasteiger partial charge in [-0.2, -0.15) is 0 Å². The van der Waals surface area contributed by atoms with Crippen LogP contribution in [0, 0.1) is 5.82 Å². The first-order valence-electron chi connectivity index (χ1n) is 6.21. The van der Waals surface area contributed by atoms with Gasteiger partial charge in [-0.25, -0.2) is 4.39 Å². The SMILES string of the molecule is Nc1cc(CN2CCc3ccc(F)cc32)ccc1Br.